The molecule has 0 saturated carbocycles. The first-order valence-electron chi connectivity index (χ1n) is 7.59. The van der Waals surface area contributed by atoms with Crippen LogP contribution in [0.1, 0.15) is 51.8 Å². The van der Waals surface area contributed by atoms with Crippen molar-refractivity contribution in [3.63, 3.8) is 0 Å². The molecule has 2 atom stereocenters. The molecule has 2 N–H and O–H groups in total. The van der Waals surface area contributed by atoms with Gasteiger partial charge >= 0.3 is 0 Å². The SMILES string of the molecule is CCCC(N)c1cn(-c2cccc(OC(C)CC)c2)nn1. The molecule has 2 aromatic rings. The van der Waals surface area contributed by atoms with E-state index in [2.05, 4.69) is 31.1 Å². The van der Waals surface area contributed by atoms with E-state index >= 15 is 0 Å². The van der Waals surface area contributed by atoms with Crippen molar-refractivity contribution in [3.8, 4) is 11.4 Å². The third-order valence-corrected chi connectivity index (χ3v) is 3.49. The normalized spacial score (nSPS) is 13.9. The number of ether oxygens (including phenoxy) is 1. The van der Waals surface area contributed by atoms with Gasteiger partial charge in [-0.25, -0.2) is 4.68 Å². The lowest BCUT2D eigenvalue weighted by Crippen LogP contribution is -2.10. The second-order valence-corrected chi connectivity index (χ2v) is 5.32. The van der Waals surface area contributed by atoms with Crippen LogP contribution in [0.2, 0.25) is 0 Å². The van der Waals surface area contributed by atoms with E-state index in [4.69, 9.17) is 10.5 Å². The Morgan fingerprint density at radius 1 is 1.33 bits per heavy atom. The van der Waals surface area contributed by atoms with E-state index in [1.807, 2.05) is 30.5 Å². The van der Waals surface area contributed by atoms with Crippen molar-refractivity contribution in [2.75, 3.05) is 0 Å². The first kappa shape index (κ1) is 15.5. The zero-order chi connectivity index (χ0) is 15.2. The molecule has 0 radical (unpaired) electrons. The second-order valence-electron chi connectivity index (χ2n) is 5.32. The van der Waals surface area contributed by atoms with Gasteiger partial charge in [-0.15, -0.1) is 5.10 Å². The number of rotatable bonds is 7. The summed E-state index contributed by atoms with van der Waals surface area (Å²) in [4.78, 5) is 0. The fourth-order valence-electron chi connectivity index (χ4n) is 2.05. The van der Waals surface area contributed by atoms with Crippen LogP contribution in [0.15, 0.2) is 30.5 Å². The molecule has 0 amide bonds. The molecule has 2 rings (SSSR count). The van der Waals surface area contributed by atoms with E-state index < -0.39 is 0 Å². The number of nitrogens with zero attached hydrogens (tertiary/aromatic N) is 3. The maximum atomic E-state index is 6.07. The molecule has 0 aliphatic heterocycles. The van der Waals surface area contributed by atoms with E-state index in [9.17, 15) is 0 Å². The predicted molar refractivity (Wildman–Crippen MR) is 83.6 cm³/mol. The summed E-state index contributed by atoms with van der Waals surface area (Å²) in [6.45, 7) is 6.28. The highest BCUT2D eigenvalue weighted by molar-refractivity contribution is 5.38. The molecule has 1 heterocycles. The van der Waals surface area contributed by atoms with Crippen LogP contribution in [-0.4, -0.2) is 21.1 Å². The molecular weight excluding hydrogens is 264 g/mol. The van der Waals surface area contributed by atoms with Crippen LogP contribution < -0.4 is 10.5 Å². The van der Waals surface area contributed by atoms with Crippen LogP contribution in [-0.2, 0) is 0 Å². The molecular formula is C16H24N4O. The van der Waals surface area contributed by atoms with Gasteiger partial charge in [0, 0.05) is 6.07 Å². The van der Waals surface area contributed by atoms with E-state index in [0.29, 0.717) is 0 Å². The van der Waals surface area contributed by atoms with Gasteiger partial charge in [0.05, 0.1) is 29.7 Å². The summed E-state index contributed by atoms with van der Waals surface area (Å²) in [5.74, 6) is 0.844. The lowest BCUT2D eigenvalue weighted by Gasteiger charge is -2.13. The van der Waals surface area contributed by atoms with Gasteiger partial charge in [0.15, 0.2) is 0 Å². The summed E-state index contributed by atoms with van der Waals surface area (Å²) in [6.07, 6.45) is 5.01. The standard InChI is InChI=1S/C16H24N4O/c1-4-7-15(17)16-11-20(19-18-16)13-8-6-9-14(10-13)21-12(3)5-2/h6,8-12,15H,4-5,7,17H2,1-3H3. The Morgan fingerprint density at radius 3 is 2.86 bits per heavy atom. The van der Waals surface area contributed by atoms with Gasteiger partial charge in [0.1, 0.15) is 5.75 Å². The lowest BCUT2D eigenvalue weighted by molar-refractivity contribution is 0.217. The summed E-state index contributed by atoms with van der Waals surface area (Å²) in [7, 11) is 0. The number of hydrogen-bond acceptors (Lipinski definition) is 4. The smallest absolute Gasteiger partial charge is 0.121 e. The van der Waals surface area contributed by atoms with Gasteiger partial charge < -0.3 is 10.5 Å². The van der Waals surface area contributed by atoms with Crippen LogP contribution in [0.5, 0.6) is 5.75 Å². The molecule has 5 heteroatoms. The largest absolute Gasteiger partial charge is 0.491 e. The molecule has 5 nitrogen and oxygen atoms in total. The summed E-state index contributed by atoms with van der Waals surface area (Å²) < 4.78 is 7.58. The van der Waals surface area contributed by atoms with Crippen LogP contribution in [0.3, 0.4) is 0 Å². The minimum atomic E-state index is -0.0525. The highest BCUT2D eigenvalue weighted by Crippen LogP contribution is 2.19. The average molecular weight is 288 g/mol. The van der Waals surface area contributed by atoms with Crippen molar-refractivity contribution in [2.45, 2.75) is 52.2 Å². The zero-order valence-corrected chi connectivity index (χ0v) is 13.0. The van der Waals surface area contributed by atoms with E-state index in [1.165, 1.54) is 0 Å². The van der Waals surface area contributed by atoms with Gasteiger partial charge in [0.2, 0.25) is 0 Å². The third kappa shape index (κ3) is 4.04. The number of aromatic nitrogens is 3. The molecule has 0 aliphatic rings. The molecule has 2 unspecified atom stereocenters. The molecule has 1 aromatic carbocycles. The van der Waals surface area contributed by atoms with Crippen LogP contribution in [0.4, 0.5) is 0 Å². The molecule has 0 saturated heterocycles. The topological polar surface area (TPSA) is 66.0 Å². The number of benzene rings is 1. The van der Waals surface area contributed by atoms with Crippen molar-refractivity contribution in [1.82, 2.24) is 15.0 Å². The van der Waals surface area contributed by atoms with Crippen molar-refractivity contribution < 1.29 is 4.74 Å². The predicted octanol–water partition coefficient (Wildman–Crippen LogP) is 3.24. The first-order chi connectivity index (χ1) is 10.1. The molecule has 21 heavy (non-hydrogen) atoms. The Kier molecular flexibility index (Phi) is 5.33. The van der Waals surface area contributed by atoms with Crippen molar-refractivity contribution >= 4 is 0 Å². The van der Waals surface area contributed by atoms with E-state index in [0.717, 1.165) is 36.4 Å². The summed E-state index contributed by atoms with van der Waals surface area (Å²) >= 11 is 0. The Bertz CT molecular complexity index is 567. The molecule has 0 fully saturated rings. The Morgan fingerprint density at radius 2 is 2.14 bits per heavy atom. The number of nitrogens with two attached hydrogens (primary N) is 1. The summed E-state index contributed by atoms with van der Waals surface area (Å²) in [5.41, 5.74) is 7.82. The van der Waals surface area contributed by atoms with Crippen LogP contribution in [0, 0.1) is 0 Å². The molecule has 0 aliphatic carbocycles. The minimum Gasteiger partial charge on any atom is -0.491 e. The average Bonchev–Trinajstić information content (AvgIpc) is 2.97. The van der Waals surface area contributed by atoms with E-state index in [-0.39, 0.29) is 12.1 Å². The Labute approximate surface area is 126 Å². The Hall–Kier alpha value is -1.88. The zero-order valence-electron chi connectivity index (χ0n) is 13.0. The van der Waals surface area contributed by atoms with Gasteiger partial charge in [-0.3, -0.25) is 0 Å². The van der Waals surface area contributed by atoms with Crippen molar-refractivity contribution in [3.05, 3.63) is 36.2 Å². The maximum absolute atomic E-state index is 6.07. The molecule has 1 aromatic heterocycles. The Balaban J connectivity index is 2.16. The minimum absolute atomic E-state index is 0.0525. The highest BCUT2D eigenvalue weighted by Gasteiger charge is 2.11. The van der Waals surface area contributed by atoms with Crippen LogP contribution in [0.25, 0.3) is 5.69 Å². The quantitative estimate of drug-likeness (QED) is 0.849. The van der Waals surface area contributed by atoms with Crippen LogP contribution >= 0.6 is 0 Å². The summed E-state index contributed by atoms with van der Waals surface area (Å²) in [6, 6.07) is 7.81. The fraction of sp³-hybridized carbons (Fsp3) is 0.500. The first-order valence-corrected chi connectivity index (χ1v) is 7.59. The van der Waals surface area contributed by atoms with Gasteiger partial charge in [-0.05, 0) is 31.9 Å². The van der Waals surface area contributed by atoms with Gasteiger partial charge in [-0.2, -0.15) is 0 Å². The monoisotopic (exact) mass is 288 g/mol. The molecule has 0 bridgehead atoms. The molecule has 114 valence electrons. The fourth-order valence-corrected chi connectivity index (χ4v) is 2.05. The maximum Gasteiger partial charge on any atom is 0.121 e. The lowest BCUT2D eigenvalue weighted by atomic mass is 10.1. The third-order valence-electron chi connectivity index (χ3n) is 3.49. The second kappa shape index (κ2) is 7.22. The van der Waals surface area contributed by atoms with Gasteiger partial charge in [0.25, 0.3) is 0 Å². The van der Waals surface area contributed by atoms with Crippen molar-refractivity contribution in [2.24, 2.45) is 5.73 Å². The van der Waals surface area contributed by atoms with Crippen molar-refractivity contribution in [1.29, 1.82) is 0 Å². The van der Waals surface area contributed by atoms with E-state index in [1.54, 1.807) is 4.68 Å². The number of hydrogen-bond donors (Lipinski definition) is 1. The summed E-state index contributed by atoms with van der Waals surface area (Å²) in [5, 5.41) is 8.33. The highest BCUT2D eigenvalue weighted by atomic mass is 16.5. The molecule has 0 spiro atoms. The van der Waals surface area contributed by atoms with Gasteiger partial charge in [-0.1, -0.05) is 31.5 Å².